The Bertz CT molecular complexity index is 3750. The van der Waals surface area contributed by atoms with E-state index in [9.17, 15) is 5.26 Å². The monoisotopic (exact) mass is 842 g/mol. The van der Waals surface area contributed by atoms with Crippen LogP contribution >= 0.6 is 0 Å². The smallest absolute Gasteiger partial charge is 0.157 e. The summed E-state index contributed by atoms with van der Waals surface area (Å²) in [5.41, 5.74) is 18.4. The minimum atomic E-state index is 0.405. The maximum atomic E-state index is 10.5. The summed E-state index contributed by atoms with van der Waals surface area (Å²) in [6.45, 7) is 0.437. The number of rotatable bonds is 8. The Morgan fingerprint density at radius 1 is 0.394 bits per heavy atom. The standard InChI is InChI=1S/C62H42N4/c63-39-54-37-49(32-33-55(54)51-17-8-16-48(35-51)50-30-29-45-28-27-43-11-5-7-21-57(43)60(45)38-50)42-25-23-41(24-26-42)47-15-9-18-52(36-47)62(66-61(64)46-13-2-1-3-14-46)65-40-53-19-10-22-59-56-20-6-4-12-44(56)31-34-58(53)59/h1-38H,40H2,(H2,64,65,66). The van der Waals surface area contributed by atoms with Crippen LogP contribution in [0.15, 0.2) is 241 Å². The van der Waals surface area contributed by atoms with Crippen LogP contribution in [-0.2, 0) is 6.54 Å². The topological polar surface area (TPSA) is 74.5 Å². The summed E-state index contributed by atoms with van der Waals surface area (Å²) in [7, 11) is 0. The van der Waals surface area contributed by atoms with Crippen molar-refractivity contribution in [3.8, 4) is 50.6 Å². The molecule has 0 fully saturated rings. The summed E-state index contributed by atoms with van der Waals surface area (Å²) < 4.78 is 0. The first kappa shape index (κ1) is 39.9. The van der Waals surface area contributed by atoms with Crippen molar-refractivity contribution in [2.45, 2.75) is 6.54 Å². The highest BCUT2D eigenvalue weighted by molar-refractivity contribution is 6.12. The van der Waals surface area contributed by atoms with Crippen molar-refractivity contribution in [3.63, 3.8) is 0 Å². The summed E-state index contributed by atoms with van der Waals surface area (Å²) in [6, 6.07) is 82.6. The molecule has 66 heavy (non-hydrogen) atoms. The molecule has 0 aliphatic rings. The fraction of sp³-hybridized carbons (Fsp3) is 0.0161. The predicted octanol–water partition coefficient (Wildman–Crippen LogP) is 15.2. The van der Waals surface area contributed by atoms with Gasteiger partial charge in [-0.05, 0) is 117 Å². The van der Waals surface area contributed by atoms with E-state index in [-0.39, 0.29) is 0 Å². The van der Waals surface area contributed by atoms with E-state index in [0.717, 1.165) is 61.2 Å². The molecule has 0 saturated carbocycles. The van der Waals surface area contributed by atoms with Crippen LogP contribution in [0.3, 0.4) is 0 Å². The summed E-state index contributed by atoms with van der Waals surface area (Å²) in [5, 5.41) is 20.2. The number of fused-ring (bicyclic) bond motifs is 6. The van der Waals surface area contributed by atoms with Crippen molar-refractivity contribution in [2.24, 2.45) is 15.7 Å². The Labute approximate surface area is 383 Å². The molecule has 2 N–H and O–H groups in total. The summed E-state index contributed by atoms with van der Waals surface area (Å²) in [6.07, 6.45) is 0. The molecular weight excluding hydrogens is 801 g/mol. The van der Waals surface area contributed by atoms with Crippen LogP contribution in [-0.4, -0.2) is 11.7 Å². The Balaban J connectivity index is 0.882. The lowest BCUT2D eigenvalue weighted by Crippen LogP contribution is -2.16. The number of nitrogens with two attached hydrogens (primary N) is 1. The maximum absolute atomic E-state index is 10.5. The van der Waals surface area contributed by atoms with Crippen molar-refractivity contribution in [1.29, 1.82) is 5.26 Å². The fourth-order valence-corrected chi connectivity index (χ4v) is 9.19. The van der Waals surface area contributed by atoms with Gasteiger partial charge in [-0.2, -0.15) is 5.26 Å². The molecule has 0 amide bonds. The van der Waals surface area contributed by atoms with Crippen molar-refractivity contribution >= 4 is 54.8 Å². The number of hydrogen-bond donors (Lipinski definition) is 1. The molecule has 4 nitrogen and oxygen atoms in total. The van der Waals surface area contributed by atoms with Crippen molar-refractivity contribution in [2.75, 3.05) is 0 Å². The van der Waals surface area contributed by atoms with Gasteiger partial charge in [0, 0.05) is 11.1 Å². The van der Waals surface area contributed by atoms with Gasteiger partial charge in [0.25, 0.3) is 0 Å². The Kier molecular flexibility index (Phi) is 10.5. The lowest BCUT2D eigenvalue weighted by Gasteiger charge is -2.12. The van der Waals surface area contributed by atoms with Gasteiger partial charge in [0.1, 0.15) is 5.84 Å². The highest BCUT2D eigenvalue weighted by Crippen LogP contribution is 2.35. The SMILES string of the molecule is N#Cc1cc(-c2ccc(-c3cccc(C(N=C(N)c4ccccc4)=NCc4cccc5c4ccc4ccccc45)c3)cc2)ccc1-c1cccc(-c2ccc3ccc4ccccc4c3c2)c1. The van der Waals surface area contributed by atoms with E-state index in [1.807, 2.05) is 48.5 Å². The molecular formula is C62H42N4. The molecule has 310 valence electrons. The Morgan fingerprint density at radius 2 is 0.924 bits per heavy atom. The summed E-state index contributed by atoms with van der Waals surface area (Å²) in [5.74, 6) is 0.968. The van der Waals surface area contributed by atoms with Gasteiger partial charge < -0.3 is 5.73 Å². The van der Waals surface area contributed by atoms with E-state index in [4.69, 9.17) is 15.7 Å². The van der Waals surface area contributed by atoms with Crippen molar-refractivity contribution in [1.82, 2.24) is 0 Å². The van der Waals surface area contributed by atoms with Gasteiger partial charge in [-0.1, -0.05) is 206 Å². The highest BCUT2D eigenvalue weighted by Gasteiger charge is 2.13. The molecule has 11 aromatic rings. The molecule has 0 heterocycles. The van der Waals surface area contributed by atoms with Crippen LogP contribution in [0.2, 0.25) is 0 Å². The van der Waals surface area contributed by atoms with Gasteiger partial charge in [0.05, 0.1) is 18.2 Å². The Morgan fingerprint density at radius 3 is 1.68 bits per heavy atom. The Hall–Kier alpha value is -8.91. The maximum Gasteiger partial charge on any atom is 0.157 e. The van der Waals surface area contributed by atoms with E-state index in [0.29, 0.717) is 23.8 Å². The van der Waals surface area contributed by atoms with E-state index in [1.165, 1.54) is 43.1 Å². The largest absolute Gasteiger partial charge is 0.383 e. The second kappa shape index (κ2) is 17.3. The quantitative estimate of drug-likeness (QED) is 0.0940. The zero-order valence-electron chi connectivity index (χ0n) is 36.1. The summed E-state index contributed by atoms with van der Waals surface area (Å²) >= 11 is 0. The minimum Gasteiger partial charge on any atom is -0.383 e. The number of aliphatic imine (C=N–C) groups is 2. The first-order valence-corrected chi connectivity index (χ1v) is 22.2. The number of benzene rings is 11. The molecule has 0 aliphatic heterocycles. The van der Waals surface area contributed by atoms with Gasteiger partial charge in [-0.3, -0.25) is 4.99 Å². The van der Waals surface area contributed by atoms with E-state index < -0.39 is 0 Å². The highest BCUT2D eigenvalue weighted by atomic mass is 15.0. The predicted molar refractivity (Wildman–Crippen MR) is 277 cm³/mol. The third-order valence-electron chi connectivity index (χ3n) is 12.6. The van der Waals surface area contributed by atoms with Gasteiger partial charge in [0.2, 0.25) is 0 Å². The molecule has 0 saturated heterocycles. The lowest BCUT2D eigenvalue weighted by atomic mass is 9.92. The molecule has 0 atom stereocenters. The number of amidine groups is 2. The first-order chi connectivity index (χ1) is 32.6. The van der Waals surface area contributed by atoms with Crippen LogP contribution < -0.4 is 5.73 Å². The van der Waals surface area contributed by atoms with Gasteiger partial charge in [-0.15, -0.1) is 0 Å². The normalized spacial score (nSPS) is 11.9. The van der Waals surface area contributed by atoms with Crippen molar-refractivity contribution in [3.05, 3.63) is 253 Å². The number of nitrogens with zero attached hydrogens (tertiary/aromatic N) is 3. The molecule has 0 spiro atoms. The van der Waals surface area contributed by atoms with Crippen LogP contribution in [0.4, 0.5) is 0 Å². The third kappa shape index (κ3) is 7.76. The third-order valence-corrected chi connectivity index (χ3v) is 12.6. The molecule has 0 unspecified atom stereocenters. The second-order valence-electron chi connectivity index (χ2n) is 16.6. The van der Waals surface area contributed by atoms with E-state index >= 15 is 0 Å². The van der Waals surface area contributed by atoms with Gasteiger partial charge in [-0.25, -0.2) is 4.99 Å². The number of nitriles is 1. The molecule has 0 bridgehead atoms. The molecule has 0 aliphatic carbocycles. The van der Waals surface area contributed by atoms with Crippen LogP contribution in [0.5, 0.6) is 0 Å². The zero-order chi connectivity index (χ0) is 44.4. The molecule has 11 rings (SSSR count). The molecule has 11 aromatic carbocycles. The molecule has 0 aromatic heterocycles. The second-order valence-corrected chi connectivity index (χ2v) is 16.6. The first-order valence-electron chi connectivity index (χ1n) is 22.2. The summed E-state index contributed by atoms with van der Waals surface area (Å²) in [4.78, 5) is 10.1. The average molecular weight is 843 g/mol. The fourth-order valence-electron chi connectivity index (χ4n) is 9.19. The molecule has 0 radical (unpaired) electrons. The van der Waals surface area contributed by atoms with Crippen molar-refractivity contribution < 1.29 is 0 Å². The molecule has 4 heteroatoms. The van der Waals surface area contributed by atoms with Gasteiger partial charge in [0.15, 0.2) is 5.84 Å². The van der Waals surface area contributed by atoms with E-state index in [1.54, 1.807) is 0 Å². The van der Waals surface area contributed by atoms with E-state index in [2.05, 4.69) is 188 Å². The van der Waals surface area contributed by atoms with Gasteiger partial charge >= 0.3 is 0 Å². The zero-order valence-corrected chi connectivity index (χ0v) is 36.1. The lowest BCUT2D eigenvalue weighted by molar-refractivity contribution is 1.08. The minimum absolute atomic E-state index is 0.405. The van der Waals surface area contributed by atoms with Crippen LogP contribution in [0.1, 0.15) is 22.3 Å². The van der Waals surface area contributed by atoms with Crippen LogP contribution in [0.25, 0.3) is 87.6 Å². The van der Waals surface area contributed by atoms with Crippen LogP contribution in [0, 0.1) is 11.3 Å². The average Bonchev–Trinajstić information content (AvgIpc) is 3.39. The number of hydrogen-bond acceptors (Lipinski definition) is 2.